The van der Waals surface area contributed by atoms with E-state index in [1.54, 1.807) is 18.0 Å². The molecule has 1 aromatic heterocycles. The molecule has 0 N–H and O–H groups in total. The zero-order valence-corrected chi connectivity index (χ0v) is 14.0. The number of aromatic nitrogens is 1. The van der Waals surface area contributed by atoms with Crippen molar-refractivity contribution < 1.29 is 9.59 Å². The van der Waals surface area contributed by atoms with E-state index in [9.17, 15) is 9.59 Å². The van der Waals surface area contributed by atoms with Gasteiger partial charge in [-0.05, 0) is 35.8 Å². The molecule has 1 rings (SSSR count). The minimum absolute atomic E-state index is 0.0172. The molecule has 0 saturated heterocycles. The normalized spacial score (nSPS) is 10.2. The molecule has 7 heteroatoms. The molecule has 0 aromatic carbocycles. The minimum Gasteiger partial charge on any atom is -0.342 e. The fraction of sp³-hybridized carbons (Fsp3) is 0.462. The second-order valence-electron chi connectivity index (χ2n) is 4.22. The van der Waals surface area contributed by atoms with Gasteiger partial charge in [-0.25, -0.2) is 4.98 Å². The van der Waals surface area contributed by atoms with Gasteiger partial charge in [0.2, 0.25) is 5.91 Å². The number of halogens is 2. The van der Waals surface area contributed by atoms with E-state index in [0.717, 1.165) is 0 Å². The highest BCUT2D eigenvalue weighted by molar-refractivity contribution is 9.10. The van der Waals surface area contributed by atoms with Crippen molar-refractivity contribution in [2.45, 2.75) is 13.8 Å². The molecule has 0 bridgehead atoms. The van der Waals surface area contributed by atoms with Gasteiger partial charge in [0.1, 0.15) is 5.15 Å². The van der Waals surface area contributed by atoms with Crippen LogP contribution in [0.1, 0.15) is 24.2 Å². The van der Waals surface area contributed by atoms with Gasteiger partial charge in [-0.1, -0.05) is 11.6 Å². The van der Waals surface area contributed by atoms with Crippen molar-refractivity contribution >= 4 is 39.3 Å². The summed E-state index contributed by atoms with van der Waals surface area (Å²) in [7, 11) is 1.57. The molecule has 0 aliphatic heterocycles. The lowest BCUT2D eigenvalue weighted by Gasteiger charge is -2.23. The molecule has 0 atom stereocenters. The van der Waals surface area contributed by atoms with Gasteiger partial charge in [0.15, 0.2) is 0 Å². The fourth-order valence-corrected chi connectivity index (χ4v) is 2.24. The molecule has 110 valence electrons. The lowest BCUT2D eigenvalue weighted by molar-refractivity contribution is -0.131. The Kier molecular flexibility index (Phi) is 6.42. The number of hydrogen-bond donors (Lipinski definition) is 0. The van der Waals surface area contributed by atoms with Crippen molar-refractivity contribution in [3.8, 4) is 0 Å². The number of amides is 2. The summed E-state index contributed by atoms with van der Waals surface area (Å²) >= 11 is 9.16. The molecule has 20 heavy (non-hydrogen) atoms. The average molecular weight is 363 g/mol. The summed E-state index contributed by atoms with van der Waals surface area (Å²) in [5, 5.41) is 0.125. The number of likely N-dealkylation sites (N-methyl/N-ethyl adjacent to an activating group) is 2. The first-order valence-electron chi connectivity index (χ1n) is 6.24. The van der Waals surface area contributed by atoms with Crippen LogP contribution in [-0.4, -0.2) is 53.3 Å². The summed E-state index contributed by atoms with van der Waals surface area (Å²) in [5.41, 5.74) is 0.274. The molecular weight excluding hydrogens is 346 g/mol. The minimum atomic E-state index is -0.329. The van der Waals surface area contributed by atoms with Gasteiger partial charge in [-0.3, -0.25) is 9.59 Å². The van der Waals surface area contributed by atoms with Gasteiger partial charge in [0.25, 0.3) is 5.91 Å². The van der Waals surface area contributed by atoms with Gasteiger partial charge in [-0.2, -0.15) is 0 Å². The first-order chi connectivity index (χ1) is 9.40. The molecule has 0 radical (unpaired) electrons. The van der Waals surface area contributed by atoms with Crippen LogP contribution in [0.5, 0.6) is 0 Å². The number of hydrogen-bond acceptors (Lipinski definition) is 3. The van der Waals surface area contributed by atoms with Crippen LogP contribution < -0.4 is 0 Å². The lowest BCUT2D eigenvalue weighted by Crippen LogP contribution is -2.41. The molecule has 0 aliphatic rings. The summed E-state index contributed by atoms with van der Waals surface area (Å²) in [5.74, 6) is -0.422. The monoisotopic (exact) mass is 361 g/mol. The summed E-state index contributed by atoms with van der Waals surface area (Å²) in [4.78, 5) is 31.2. The molecule has 1 heterocycles. The molecule has 0 fully saturated rings. The van der Waals surface area contributed by atoms with E-state index in [2.05, 4.69) is 20.9 Å². The van der Waals surface area contributed by atoms with E-state index < -0.39 is 0 Å². The summed E-state index contributed by atoms with van der Waals surface area (Å²) < 4.78 is 0.661. The standard InChI is InChI=1S/C13H17BrClN3O2/c1-4-18(5-2)11(19)8-17(3)13(20)10-6-9(14)7-16-12(10)15/h6-7H,4-5,8H2,1-3H3. The Labute approximate surface area is 132 Å². The highest BCUT2D eigenvalue weighted by Crippen LogP contribution is 2.19. The number of carbonyl (C=O) groups is 2. The van der Waals surface area contributed by atoms with Crippen LogP contribution in [-0.2, 0) is 4.79 Å². The second kappa shape index (κ2) is 7.59. The van der Waals surface area contributed by atoms with Crippen molar-refractivity contribution in [3.05, 3.63) is 27.5 Å². The van der Waals surface area contributed by atoms with Crippen molar-refractivity contribution in [2.24, 2.45) is 0 Å². The van der Waals surface area contributed by atoms with Crippen LogP contribution in [0.4, 0.5) is 0 Å². The Morgan fingerprint density at radius 3 is 2.50 bits per heavy atom. The fourth-order valence-electron chi connectivity index (χ4n) is 1.73. The maximum absolute atomic E-state index is 12.3. The average Bonchev–Trinajstić information content (AvgIpc) is 2.42. The van der Waals surface area contributed by atoms with Crippen molar-refractivity contribution in [1.29, 1.82) is 0 Å². The molecule has 0 saturated carbocycles. The molecular formula is C13H17BrClN3O2. The Bertz CT molecular complexity index is 506. The Balaban J connectivity index is 2.82. The van der Waals surface area contributed by atoms with E-state index >= 15 is 0 Å². The second-order valence-corrected chi connectivity index (χ2v) is 5.49. The topological polar surface area (TPSA) is 53.5 Å². The largest absolute Gasteiger partial charge is 0.342 e. The summed E-state index contributed by atoms with van der Waals surface area (Å²) in [6.45, 7) is 5.06. The Morgan fingerprint density at radius 1 is 1.35 bits per heavy atom. The van der Waals surface area contributed by atoms with Crippen LogP contribution >= 0.6 is 27.5 Å². The lowest BCUT2D eigenvalue weighted by atomic mass is 10.2. The van der Waals surface area contributed by atoms with Crippen LogP contribution in [0.2, 0.25) is 5.15 Å². The third-order valence-corrected chi connectivity index (χ3v) is 3.61. The molecule has 0 unspecified atom stereocenters. The predicted molar refractivity (Wildman–Crippen MR) is 81.8 cm³/mol. The molecule has 5 nitrogen and oxygen atoms in total. The highest BCUT2D eigenvalue weighted by atomic mass is 79.9. The number of nitrogens with zero attached hydrogens (tertiary/aromatic N) is 3. The maximum Gasteiger partial charge on any atom is 0.257 e. The van der Waals surface area contributed by atoms with Crippen molar-refractivity contribution in [2.75, 3.05) is 26.7 Å². The van der Waals surface area contributed by atoms with Crippen LogP contribution in [0.25, 0.3) is 0 Å². The van der Waals surface area contributed by atoms with Crippen molar-refractivity contribution in [1.82, 2.24) is 14.8 Å². The van der Waals surface area contributed by atoms with Gasteiger partial charge < -0.3 is 9.80 Å². The zero-order chi connectivity index (χ0) is 15.3. The number of carbonyl (C=O) groups excluding carboxylic acids is 2. The number of pyridine rings is 1. The third kappa shape index (κ3) is 4.18. The van der Waals surface area contributed by atoms with Crippen molar-refractivity contribution in [3.63, 3.8) is 0 Å². The summed E-state index contributed by atoms with van der Waals surface area (Å²) in [6, 6.07) is 1.59. The molecule has 2 amide bonds. The molecule has 0 aliphatic carbocycles. The highest BCUT2D eigenvalue weighted by Gasteiger charge is 2.20. The van der Waals surface area contributed by atoms with Crippen LogP contribution in [0.3, 0.4) is 0 Å². The first kappa shape index (κ1) is 16.9. The Morgan fingerprint density at radius 2 is 1.95 bits per heavy atom. The summed E-state index contributed by atoms with van der Waals surface area (Å²) in [6.07, 6.45) is 1.51. The Hall–Kier alpha value is -1.14. The van der Waals surface area contributed by atoms with Gasteiger partial charge in [0, 0.05) is 30.8 Å². The van der Waals surface area contributed by atoms with Crippen LogP contribution in [0, 0.1) is 0 Å². The molecule has 1 aromatic rings. The molecule has 0 spiro atoms. The third-order valence-electron chi connectivity index (χ3n) is 2.87. The smallest absolute Gasteiger partial charge is 0.257 e. The van der Waals surface area contributed by atoms with Gasteiger partial charge >= 0.3 is 0 Å². The quantitative estimate of drug-likeness (QED) is 0.756. The van der Waals surface area contributed by atoms with Crippen LogP contribution in [0.15, 0.2) is 16.7 Å². The van der Waals surface area contributed by atoms with E-state index in [1.165, 1.54) is 11.1 Å². The van der Waals surface area contributed by atoms with E-state index in [-0.39, 0.29) is 29.1 Å². The first-order valence-corrected chi connectivity index (χ1v) is 7.42. The van der Waals surface area contributed by atoms with Gasteiger partial charge in [0.05, 0.1) is 12.1 Å². The maximum atomic E-state index is 12.3. The SMILES string of the molecule is CCN(CC)C(=O)CN(C)C(=O)c1cc(Br)cnc1Cl. The van der Waals surface area contributed by atoms with E-state index in [1.807, 2.05) is 13.8 Å². The number of rotatable bonds is 5. The van der Waals surface area contributed by atoms with E-state index in [0.29, 0.717) is 17.6 Å². The van der Waals surface area contributed by atoms with E-state index in [4.69, 9.17) is 11.6 Å². The zero-order valence-electron chi connectivity index (χ0n) is 11.7. The predicted octanol–water partition coefficient (Wildman–Crippen LogP) is 2.44. The van der Waals surface area contributed by atoms with Gasteiger partial charge in [-0.15, -0.1) is 0 Å².